The van der Waals surface area contributed by atoms with Crippen LogP contribution in [0.25, 0.3) is 0 Å². The molecule has 1 aliphatic heterocycles. The third kappa shape index (κ3) is 2.70. The lowest BCUT2D eigenvalue weighted by Gasteiger charge is -2.23. The number of hydrazone groups is 1. The SMILES string of the molecule is Cc1ccc(C2CC=NN2C(=O)NC(C)C)cc1. The van der Waals surface area contributed by atoms with Gasteiger partial charge in [0, 0.05) is 18.7 Å². The van der Waals surface area contributed by atoms with Crippen LogP contribution in [0.15, 0.2) is 29.4 Å². The summed E-state index contributed by atoms with van der Waals surface area (Å²) in [6, 6.07) is 8.24. The average molecular weight is 245 g/mol. The number of nitrogens with one attached hydrogen (secondary N) is 1. The van der Waals surface area contributed by atoms with Gasteiger partial charge >= 0.3 is 6.03 Å². The van der Waals surface area contributed by atoms with Crippen molar-refractivity contribution in [2.75, 3.05) is 0 Å². The Morgan fingerprint density at radius 3 is 2.67 bits per heavy atom. The van der Waals surface area contributed by atoms with Crippen molar-refractivity contribution in [3.63, 3.8) is 0 Å². The Balaban J connectivity index is 2.13. The lowest BCUT2D eigenvalue weighted by atomic mass is 10.0. The molecule has 18 heavy (non-hydrogen) atoms. The maximum Gasteiger partial charge on any atom is 0.338 e. The topological polar surface area (TPSA) is 44.7 Å². The summed E-state index contributed by atoms with van der Waals surface area (Å²) in [4.78, 5) is 12.0. The van der Waals surface area contributed by atoms with E-state index >= 15 is 0 Å². The van der Waals surface area contributed by atoms with Crippen molar-refractivity contribution in [3.05, 3.63) is 35.4 Å². The Labute approximate surface area is 108 Å². The summed E-state index contributed by atoms with van der Waals surface area (Å²) in [5, 5.41) is 8.57. The van der Waals surface area contributed by atoms with Crippen molar-refractivity contribution in [2.24, 2.45) is 5.10 Å². The lowest BCUT2D eigenvalue weighted by molar-refractivity contribution is 0.183. The molecule has 0 fully saturated rings. The first-order valence-electron chi connectivity index (χ1n) is 6.26. The number of hydrogen-bond donors (Lipinski definition) is 1. The number of nitrogens with zero attached hydrogens (tertiary/aromatic N) is 2. The van der Waals surface area contributed by atoms with E-state index in [1.54, 1.807) is 6.21 Å². The van der Waals surface area contributed by atoms with Crippen LogP contribution in [0.2, 0.25) is 0 Å². The third-order valence-electron chi connectivity index (χ3n) is 2.91. The maximum atomic E-state index is 12.0. The van der Waals surface area contributed by atoms with Crippen molar-refractivity contribution < 1.29 is 4.79 Å². The largest absolute Gasteiger partial charge is 0.338 e. The van der Waals surface area contributed by atoms with Crippen LogP contribution in [0.4, 0.5) is 4.79 Å². The van der Waals surface area contributed by atoms with Crippen molar-refractivity contribution in [1.29, 1.82) is 0 Å². The molecule has 1 heterocycles. The van der Waals surface area contributed by atoms with Gasteiger partial charge in [0.2, 0.25) is 0 Å². The second kappa shape index (κ2) is 5.21. The molecule has 0 bridgehead atoms. The quantitative estimate of drug-likeness (QED) is 0.855. The minimum Gasteiger partial charge on any atom is -0.334 e. The Morgan fingerprint density at radius 1 is 1.39 bits per heavy atom. The number of carbonyl (C=O) groups excluding carboxylic acids is 1. The molecule has 0 radical (unpaired) electrons. The molecule has 4 heteroatoms. The normalized spacial score (nSPS) is 18.4. The first kappa shape index (κ1) is 12.6. The fourth-order valence-electron chi connectivity index (χ4n) is 1.99. The Morgan fingerprint density at radius 2 is 2.06 bits per heavy atom. The highest BCUT2D eigenvalue weighted by molar-refractivity contribution is 5.78. The molecule has 1 N–H and O–H groups in total. The fraction of sp³-hybridized carbons (Fsp3) is 0.429. The summed E-state index contributed by atoms with van der Waals surface area (Å²) in [5.41, 5.74) is 2.34. The zero-order valence-corrected chi connectivity index (χ0v) is 11.1. The van der Waals surface area contributed by atoms with Crippen molar-refractivity contribution in [1.82, 2.24) is 10.3 Å². The van der Waals surface area contributed by atoms with Gasteiger partial charge in [-0.3, -0.25) is 0 Å². The van der Waals surface area contributed by atoms with E-state index < -0.39 is 0 Å². The molecule has 1 aromatic rings. The van der Waals surface area contributed by atoms with E-state index in [1.807, 2.05) is 13.8 Å². The van der Waals surface area contributed by atoms with Gasteiger partial charge in [-0.15, -0.1) is 0 Å². The molecule has 0 aliphatic carbocycles. The van der Waals surface area contributed by atoms with Crippen LogP contribution in [0.3, 0.4) is 0 Å². The molecular weight excluding hydrogens is 226 g/mol. The Hall–Kier alpha value is -1.84. The molecule has 4 nitrogen and oxygen atoms in total. The van der Waals surface area contributed by atoms with E-state index in [1.165, 1.54) is 10.6 Å². The number of aryl methyl sites for hydroxylation is 1. The van der Waals surface area contributed by atoms with Gasteiger partial charge in [0.05, 0.1) is 6.04 Å². The standard InChI is InChI=1S/C14H19N3O/c1-10(2)16-14(18)17-13(8-9-15-17)12-6-4-11(3)5-7-12/h4-7,9-10,13H,8H2,1-3H3,(H,16,18). The van der Waals surface area contributed by atoms with E-state index in [4.69, 9.17) is 0 Å². The maximum absolute atomic E-state index is 12.0. The second-order valence-electron chi connectivity index (χ2n) is 4.91. The second-order valence-corrected chi connectivity index (χ2v) is 4.91. The van der Waals surface area contributed by atoms with Crippen molar-refractivity contribution in [2.45, 2.75) is 39.3 Å². The molecule has 1 atom stereocenters. The fourth-order valence-corrected chi connectivity index (χ4v) is 1.99. The molecule has 2 rings (SSSR count). The molecule has 0 saturated heterocycles. The van der Waals surface area contributed by atoms with Gasteiger partial charge in [0.15, 0.2) is 0 Å². The lowest BCUT2D eigenvalue weighted by Crippen LogP contribution is -2.40. The highest BCUT2D eigenvalue weighted by Gasteiger charge is 2.28. The van der Waals surface area contributed by atoms with Gasteiger partial charge in [-0.25, -0.2) is 9.80 Å². The van der Waals surface area contributed by atoms with Crippen LogP contribution in [0.1, 0.15) is 37.4 Å². The van der Waals surface area contributed by atoms with Crippen LogP contribution in [0, 0.1) is 6.92 Å². The van der Waals surface area contributed by atoms with Crippen molar-refractivity contribution in [3.8, 4) is 0 Å². The number of benzene rings is 1. The van der Waals surface area contributed by atoms with Crippen LogP contribution < -0.4 is 5.32 Å². The Bertz CT molecular complexity index is 451. The van der Waals surface area contributed by atoms with E-state index in [2.05, 4.69) is 41.6 Å². The molecule has 1 unspecified atom stereocenters. The van der Waals surface area contributed by atoms with E-state index in [9.17, 15) is 4.79 Å². The molecule has 1 aromatic carbocycles. The number of hydrogen-bond acceptors (Lipinski definition) is 2. The van der Waals surface area contributed by atoms with Crippen LogP contribution >= 0.6 is 0 Å². The monoisotopic (exact) mass is 245 g/mol. The molecule has 2 amide bonds. The zero-order chi connectivity index (χ0) is 13.1. The molecule has 96 valence electrons. The number of amides is 2. The molecule has 1 aliphatic rings. The number of urea groups is 1. The average Bonchev–Trinajstić information content (AvgIpc) is 2.78. The summed E-state index contributed by atoms with van der Waals surface area (Å²) < 4.78 is 0. The Kier molecular flexibility index (Phi) is 3.65. The zero-order valence-electron chi connectivity index (χ0n) is 11.1. The van der Waals surface area contributed by atoms with Crippen LogP contribution in [-0.4, -0.2) is 23.3 Å². The highest BCUT2D eigenvalue weighted by atomic mass is 16.2. The predicted octanol–water partition coefficient (Wildman–Crippen LogP) is 2.85. The van der Waals surface area contributed by atoms with E-state index in [0.717, 1.165) is 12.0 Å². The molecular formula is C14H19N3O. The molecule has 0 aromatic heterocycles. The summed E-state index contributed by atoms with van der Waals surface area (Å²) in [7, 11) is 0. The predicted molar refractivity (Wildman–Crippen MR) is 72.5 cm³/mol. The van der Waals surface area contributed by atoms with Gasteiger partial charge in [-0.1, -0.05) is 29.8 Å². The van der Waals surface area contributed by atoms with Crippen LogP contribution in [-0.2, 0) is 0 Å². The summed E-state index contributed by atoms with van der Waals surface area (Å²) in [6.45, 7) is 5.94. The minimum absolute atomic E-state index is 0.0179. The van der Waals surface area contributed by atoms with Crippen LogP contribution in [0.5, 0.6) is 0 Å². The minimum atomic E-state index is -0.135. The van der Waals surface area contributed by atoms with Gasteiger partial charge in [0.25, 0.3) is 0 Å². The van der Waals surface area contributed by atoms with E-state index in [0.29, 0.717) is 0 Å². The van der Waals surface area contributed by atoms with Gasteiger partial charge in [-0.05, 0) is 26.3 Å². The smallest absolute Gasteiger partial charge is 0.334 e. The van der Waals surface area contributed by atoms with E-state index in [-0.39, 0.29) is 18.1 Å². The first-order valence-corrected chi connectivity index (χ1v) is 6.26. The third-order valence-corrected chi connectivity index (χ3v) is 2.91. The molecule has 0 spiro atoms. The van der Waals surface area contributed by atoms with Crippen molar-refractivity contribution >= 4 is 12.2 Å². The first-order chi connectivity index (χ1) is 8.58. The number of rotatable bonds is 2. The summed E-state index contributed by atoms with van der Waals surface area (Å²) in [5.74, 6) is 0. The number of carbonyl (C=O) groups is 1. The summed E-state index contributed by atoms with van der Waals surface area (Å²) >= 11 is 0. The van der Waals surface area contributed by atoms with Gasteiger partial charge < -0.3 is 5.32 Å². The van der Waals surface area contributed by atoms with Gasteiger partial charge in [-0.2, -0.15) is 5.10 Å². The molecule has 0 saturated carbocycles. The van der Waals surface area contributed by atoms with Gasteiger partial charge in [0.1, 0.15) is 0 Å². The summed E-state index contributed by atoms with van der Waals surface area (Å²) in [6.07, 6.45) is 2.57. The highest BCUT2D eigenvalue weighted by Crippen LogP contribution is 2.28.